The van der Waals surface area contributed by atoms with Gasteiger partial charge in [-0.25, -0.2) is 0 Å². The second kappa shape index (κ2) is 6.53. The quantitative estimate of drug-likeness (QED) is 0.781. The normalized spacial score (nSPS) is 10.9. The van der Waals surface area contributed by atoms with Crippen LogP contribution in [0.2, 0.25) is 0 Å². The molecule has 0 unspecified atom stereocenters. The summed E-state index contributed by atoms with van der Waals surface area (Å²) in [5.41, 5.74) is 6.69. The van der Waals surface area contributed by atoms with E-state index in [9.17, 15) is 0 Å². The lowest BCUT2D eigenvalue weighted by Gasteiger charge is -2.09. The highest BCUT2D eigenvalue weighted by Crippen LogP contribution is 2.12. The minimum absolute atomic E-state index is 0.956. The molecule has 1 heterocycles. The smallest absolute Gasteiger partial charge is 0.0522 e. The molecule has 1 aromatic carbocycles. The van der Waals surface area contributed by atoms with Crippen molar-refractivity contribution in [2.75, 3.05) is 6.54 Å². The number of benzene rings is 1. The fourth-order valence-electron chi connectivity index (χ4n) is 2.26. The van der Waals surface area contributed by atoms with Crippen molar-refractivity contribution in [1.82, 2.24) is 15.5 Å². The van der Waals surface area contributed by atoms with E-state index in [1.165, 1.54) is 27.9 Å². The average Bonchev–Trinajstić information content (AvgIpc) is 2.80. The Bertz CT molecular complexity index is 529. The van der Waals surface area contributed by atoms with Crippen LogP contribution in [0.3, 0.4) is 0 Å². The van der Waals surface area contributed by atoms with Crippen LogP contribution in [0.4, 0.5) is 0 Å². The van der Waals surface area contributed by atoms with Gasteiger partial charge in [-0.2, -0.15) is 5.10 Å². The third-order valence-electron chi connectivity index (χ3n) is 3.77. The molecule has 19 heavy (non-hydrogen) atoms. The Morgan fingerprint density at radius 1 is 1.16 bits per heavy atom. The van der Waals surface area contributed by atoms with Crippen LogP contribution in [0.25, 0.3) is 0 Å². The summed E-state index contributed by atoms with van der Waals surface area (Å²) in [6.07, 6.45) is 4.16. The number of nitrogens with one attached hydrogen (secondary N) is 2. The van der Waals surface area contributed by atoms with Gasteiger partial charge < -0.3 is 5.32 Å². The summed E-state index contributed by atoms with van der Waals surface area (Å²) in [5, 5.41) is 10.5. The summed E-state index contributed by atoms with van der Waals surface area (Å²) in [4.78, 5) is 0. The molecule has 0 spiro atoms. The van der Waals surface area contributed by atoms with Crippen LogP contribution >= 0.6 is 0 Å². The number of hydrogen-bond acceptors (Lipinski definition) is 2. The zero-order valence-corrected chi connectivity index (χ0v) is 12.1. The third kappa shape index (κ3) is 3.67. The summed E-state index contributed by atoms with van der Waals surface area (Å²) in [6.45, 7) is 8.43. The lowest BCUT2D eigenvalue weighted by molar-refractivity contribution is 0.647. The second-order valence-electron chi connectivity index (χ2n) is 5.16. The van der Waals surface area contributed by atoms with Crippen molar-refractivity contribution in [2.24, 2.45) is 0 Å². The summed E-state index contributed by atoms with van der Waals surface area (Å²) < 4.78 is 0. The standard InChI is InChI=1S/C16H23N3/c1-12-6-4-7-15(13(12)2)10-17-9-5-8-16-11-18-19-14(16)3/h4,6-7,11,17H,5,8-10H2,1-3H3,(H,18,19). The minimum Gasteiger partial charge on any atom is -0.313 e. The highest BCUT2D eigenvalue weighted by Gasteiger charge is 2.01. The molecule has 0 saturated heterocycles. The molecule has 0 aliphatic carbocycles. The highest BCUT2D eigenvalue weighted by atomic mass is 15.1. The molecular weight excluding hydrogens is 234 g/mol. The van der Waals surface area contributed by atoms with Gasteiger partial charge in [0, 0.05) is 12.2 Å². The predicted molar refractivity (Wildman–Crippen MR) is 79.3 cm³/mol. The van der Waals surface area contributed by atoms with Gasteiger partial charge >= 0.3 is 0 Å². The summed E-state index contributed by atoms with van der Waals surface area (Å²) in [7, 11) is 0. The molecular formula is C16H23N3. The van der Waals surface area contributed by atoms with Crippen molar-refractivity contribution < 1.29 is 0 Å². The SMILES string of the molecule is Cc1cccc(CNCCCc2cn[nH]c2C)c1C. The van der Waals surface area contributed by atoms with Crippen LogP contribution in [0.15, 0.2) is 24.4 Å². The van der Waals surface area contributed by atoms with E-state index in [0.717, 1.165) is 25.9 Å². The Morgan fingerprint density at radius 2 is 2.00 bits per heavy atom. The van der Waals surface area contributed by atoms with Crippen molar-refractivity contribution in [2.45, 2.75) is 40.2 Å². The van der Waals surface area contributed by atoms with Gasteiger partial charge in [0.25, 0.3) is 0 Å². The van der Waals surface area contributed by atoms with Gasteiger partial charge in [0.2, 0.25) is 0 Å². The van der Waals surface area contributed by atoms with E-state index in [0.29, 0.717) is 0 Å². The Labute approximate surface area is 115 Å². The topological polar surface area (TPSA) is 40.7 Å². The molecule has 2 rings (SSSR count). The molecule has 0 fully saturated rings. The average molecular weight is 257 g/mol. The van der Waals surface area contributed by atoms with Gasteiger partial charge in [-0.3, -0.25) is 5.10 Å². The predicted octanol–water partition coefficient (Wildman–Crippen LogP) is 3.06. The van der Waals surface area contributed by atoms with E-state index in [4.69, 9.17) is 0 Å². The van der Waals surface area contributed by atoms with Crippen LogP contribution < -0.4 is 5.32 Å². The molecule has 0 bridgehead atoms. The Kier molecular flexibility index (Phi) is 4.74. The summed E-state index contributed by atoms with van der Waals surface area (Å²) >= 11 is 0. The van der Waals surface area contributed by atoms with E-state index in [1.54, 1.807) is 0 Å². The number of aromatic amines is 1. The molecule has 2 aromatic rings. The van der Waals surface area contributed by atoms with Gasteiger partial charge in [0.05, 0.1) is 6.20 Å². The van der Waals surface area contributed by atoms with Crippen molar-refractivity contribution in [3.8, 4) is 0 Å². The summed E-state index contributed by atoms with van der Waals surface area (Å²) in [6, 6.07) is 6.50. The Hall–Kier alpha value is -1.61. The molecule has 3 nitrogen and oxygen atoms in total. The molecule has 0 aliphatic heterocycles. The first-order chi connectivity index (χ1) is 9.18. The van der Waals surface area contributed by atoms with Crippen LogP contribution in [0.5, 0.6) is 0 Å². The Morgan fingerprint density at radius 3 is 2.74 bits per heavy atom. The van der Waals surface area contributed by atoms with Gasteiger partial charge in [0.1, 0.15) is 0 Å². The largest absolute Gasteiger partial charge is 0.313 e. The molecule has 0 atom stereocenters. The molecule has 0 saturated carbocycles. The summed E-state index contributed by atoms with van der Waals surface area (Å²) in [5.74, 6) is 0. The van der Waals surface area contributed by atoms with Crippen LogP contribution in [-0.2, 0) is 13.0 Å². The first kappa shape index (κ1) is 13.8. The van der Waals surface area contributed by atoms with Crippen LogP contribution in [0, 0.1) is 20.8 Å². The minimum atomic E-state index is 0.956. The van der Waals surface area contributed by atoms with E-state index < -0.39 is 0 Å². The molecule has 2 N–H and O–H groups in total. The maximum atomic E-state index is 4.04. The highest BCUT2D eigenvalue weighted by molar-refractivity contribution is 5.32. The van der Waals surface area contributed by atoms with Crippen molar-refractivity contribution >= 4 is 0 Å². The van der Waals surface area contributed by atoms with Crippen LogP contribution in [0.1, 0.15) is 34.4 Å². The third-order valence-corrected chi connectivity index (χ3v) is 3.77. The number of rotatable bonds is 6. The van der Waals surface area contributed by atoms with Crippen molar-refractivity contribution in [1.29, 1.82) is 0 Å². The van der Waals surface area contributed by atoms with Gasteiger partial charge in [-0.1, -0.05) is 18.2 Å². The Balaban J connectivity index is 1.72. The molecule has 3 heteroatoms. The van der Waals surface area contributed by atoms with E-state index in [-0.39, 0.29) is 0 Å². The lowest BCUT2D eigenvalue weighted by atomic mass is 10.0. The number of aryl methyl sites for hydroxylation is 3. The van der Waals surface area contributed by atoms with Gasteiger partial charge in [0.15, 0.2) is 0 Å². The number of H-pyrrole nitrogens is 1. The molecule has 0 aliphatic rings. The first-order valence-corrected chi connectivity index (χ1v) is 6.93. The fourth-order valence-corrected chi connectivity index (χ4v) is 2.26. The maximum absolute atomic E-state index is 4.04. The fraction of sp³-hybridized carbons (Fsp3) is 0.438. The molecule has 102 valence electrons. The van der Waals surface area contributed by atoms with Crippen molar-refractivity contribution in [3.63, 3.8) is 0 Å². The second-order valence-corrected chi connectivity index (χ2v) is 5.16. The van der Waals surface area contributed by atoms with Gasteiger partial charge in [-0.15, -0.1) is 0 Å². The lowest BCUT2D eigenvalue weighted by Crippen LogP contribution is -2.16. The zero-order chi connectivity index (χ0) is 13.7. The number of nitrogens with zero attached hydrogens (tertiary/aromatic N) is 1. The monoisotopic (exact) mass is 257 g/mol. The van der Waals surface area contributed by atoms with Crippen molar-refractivity contribution in [3.05, 3.63) is 52.3 Å². The van der Waals surface area contributed by atoms with E-state index >= 15 is 0 Å². The molecule has 0 amide bonds. The van der Waals surface area contributed by atoms with Gasteiger partial charge in [-0.05, 0) is 62.4 Å². The molecule has 1 aromatic heterocycles. The number of hydrogen-bond donors (Lipinski definition) is 2. The van der Waals surface area contributed by atoms with Crippen LogP contribution in [-0.4, -0.2) is 16.7 Å². The zero-order valence-electron chi connectivity index (χ0n) is 12.1. The first-order valence-electron chi connectivity index (χ1n) is 6.93. The van der Waals surface area contributed by atoms with E-state index in [1.807, 2.05) is 6.20 Å². The maximum Gasteiger partial charge on any atom is 0.0522 e. The van der Waals surface area contributed by atoms with E-state index in [2.05, 4.69) is 54.5 Å². The molecule has 0 radical (unpaired) electrons. The number of aromatic nitrogens is 2.